The molecule has 0 amide bonds. The van der Waals surface area contributed by atoms with Gasteiger partial charge >= 0.3 is 0 Å². The molecule has 0 unspecified atom stereocenters. The van der Waals surface area contributed by atoms with Crippen LogP contribution in [0.25, 0.3) is 28.9 Å². The van der Waals surface area contributed by atoms with E-state index in [-0.39, 0.29) is 11.2 Å². The molecule has 136 valence electrons. The van der Waals surface area contributed by atoms with Gasteiger partial charge in [0.25, 0.3) is 11.2 Å². The van der Waals surface area contributed by atoms with Gasteiger partial charge in [0.15, 0.2) is 0 Å². The summed E-state index contributed by atoms with van der Waals surface area (Å²) in [5.74, 6) is 0.832. The molecule has 4 rings (SSSR count). The molecule has 0 aliphatic carbocycles. The van der Waals surface area contributed by atoms with Gasteiger partial charge in [-0.05, 0) is 35.9 Å². The van der Waals surface area contributed by atoms with E-state index in [4.69, 9.17) is 0 Å². The van der Waals surface area contributed by atoms with Crippen molar-refractivity contribution in [1.82, 2.24) is 14.5 Å². The number of hydrogen-bond acceptors (Lipinski definition) is 5. The van der Waals surface area contributed by atoms with Crippen LogP contribution in [0.2, 0.25) is 0 Å². The van der Waals surface area contributed by atoms with Crippen molar-refractivity contribution in [2.24, 2.45) is 0 Å². The van der Waals surface area contributed by atoms with Crippen LogP contribution in [0, 0.1) is 10.1 Å². The van der Waals surface area contributed by atoms with Crippen molar-refractivity contribution < 1.29 is 4.92 Å². The normalized spacial score (nSPS) is 11.1. The van der Waals surface area contributed by atoms with Gasteiger partial charge in [0.1, 0.15) is 11.6 Å². The highest BCUT2D eigenvalue weighted by atomic mass is 16.6. The largest absolute Gasteiger partial charge is 0.270 e. The summed E-state index contributed by atoms with van der Waals surface area (Å²) in [6.45, 7) is 0. The van der Waals surface area contributed by atoms with Crippen LogP contribution in [-0.4, -0.2) is 19.5 Å². The lowest BCUT2D eigenvalue weighted by Gasteiger charge is -2.10. The molecule has 0 spiro atoms. The van der Waals surface area contributed by atoms with E-state index in [1.54, 1.807) is 66.9 Å². The monoisotopic (exact) mass is 370 g/mol. The first-order valence-electron chi connectivity index (χ1n) is 8.49. The second-order valence-corrected chi connectivity index (χ2v) is 6.00. The van der Waals surface area contributed by atoms with Crippen LogP contribution >= 0.6 is 0 Å². The third kappa shape index (κ3) is 3.28. The molecular formula is C21H14N4O3. The predicted molar refractivity (Wildman–Crippen MR) is 107 cm³/mol. The van der Waals surface area contributed by atoms with Gasteiger partial charge in [-0.1, -0.05) is 36.4 Å². The fourth-order valence-electron chi connectivity index (χ4n) is 2.88. The van der Waals surface area contributed by atoms with E-state index in [9.17, 15) is 14.9 Å². The highest BCUT2D eigenvalue weighted by Crippen LogP contribution is 2.17. The first-order valence-corrected chi connectivity index (χ1v) is 8.49. The van der Waals surface area contributed by atoms with Gasteiger partial charge in [-0.2, -0.15) is 0 Å². The molecule has 2 aromatic carbocycles. The third-order valence-corrected chi connectivity index (χ3v) is 4.19. The van der Waals surface area contributed by atoms with Crippen LogP contribution < -0.4 is 5.56 Å². The van der Waals surface area contributed by atoms with Gasteiger partial charge < -0.3 is 0 Å². The zero-order valence-corrected chi connectivity index (χ0v) is 14.6. The molecule has 0 N–H and O–H groups in total. The predicted octanol–water partition coefficient (Wildman–Crippen LogP) is 3.86. The van der Waals surface area contributed by atoms with Gasteiger partial charge in [-0.25, -0.2) is 14.5 Å². The number of fused-ring (bicyclic) bond motifs is 1. The topological polar surface area (TPSA) is 90.9 Å². The van der Waals surface area contributed by atoms with Crippen molar-refractivity contribution >= 4 is 28.7 Å². The third-order valence-electron chi connectivity index (χ3n) is 4.19. The minimum atomic E-state index is -0.449. The number of benzene rings is 2. The zero-order chi connectivity index (χ0) is 19.5. The molecule has 4 aromatic rings. The van der Waals surface area contributed by atoms with E-state index < -0.39 is 4.92 Å². The lowest BCUT2D eigenvalue weighted by Crippen LogP contribution is -2.23. The van der Waals surface area contributed by atoms with Crippen molar-refractivity contribution in [3.05, 3.63) is 105 Å². The molecule has 0 fully saturated rings. The first-order chi connectivity index (χ1) is 13.6. The summed E-state index contributed by atoms with van der Waals surface area (Å²) in [5.41, 5.74) is 0.960. The highest BCUT2D eigenvalue weighted by Gasteiger charge is 2.11. The van der Waals surface area contributed by atoms with Crippen LogP contribution in [0.1, 0.15) is 11.4 Å². The Morgan fingerprint density at radius 2 is 1.79 bits per heavy atom. The fraction of sp³-hybridized carbons (Fsp3) is 0. The molecule has 0 atom stereocenters. The second kappa shape index (κ2) is 7.24. The van der Waals surface area contributed by atoms with Crippen molar-refractivity contribution in [3.8, 4) is 5.82 Å². The maximum atomic E-state index is 13.1. The summed E-state index contributed by atoms with van der Waals surface area (Å²) >= 11 is 0. The summed E-state index contributed by atoms with van der Waals surface area (Å²) in [6, 6.07) is 18.6. The number of nitro benzene ring substituents is 1. The Morgan fingerprint density at radius 3 is 2.57 bits per heavy atom. The number of nitrogens with zero attached hydrogens (tertiary/aromatic N) is 4. The standard InChI is InChI=1S/C21H14N4O3/c26-21-17-8-1-2-9-18(17)23-20(24(21)19-10-3-4-13-22-19)12-11-15-6-5-7-16(14-15)25(27)28/h1-14H/b12-11+. The van der Waals surface area contributed by atoms with Crippen LogP contribution in [0.15, 0.2) is 77.7 Å². The van der Waals surface area contributed by atoms with Gasteiger partial charge in [-0.15, -0.1) is 0 Å². The summed E-state index contributed by atoms with van der Waals surface area (Å²) in [5, 5.41) is 11.5. The van der Waals surface area contributed by atoms with E-state index in [0.29, 0.717) is 28.1 Å². The van der Waals surface area contributed by atoms with Gasteiger partial charge in [-0.3, -0.25) is 14.9 Å². The second-order valence-electron chi connectivity index (χ2n) is 6.00. The van der Waals surface area contributed by atoms with E-state index >= 15 is 0 Å². The van der Waals surface area contributed by atoms with Crippen LogP contribution in [-0.2, 0) is 0 Å². The van der Waals surface area contributed by atoms with Gasteiger partial charge in [0.05, 0.1) is 15.8 Å². The maximum Gasteiger partial charge on any atom is 0.270 e. The number of nitro groups is 1. The fourth-order valence-corrected chi connectivity index (χ4v) is 2.88. The Balaban J connectivity index is 1.89. The Labute approximate surface area is 159 Å². The van der Waals surface area contributed by atoms with Crippen LogP contribution in [0.5, 0.6) is 0 Å². The summed E-state index contributed by atoms with van der Waals surface area (Å²) < 4.78 is 1.43. The minimum Gasteiger partial charge on any atom is -0.268 e. The van der Waals surface area contributed by atoms with Crippen molar-refractivity contribution in [2.75, 3.05) is 0 Å². The molecule has 2 heterocycles. The molecule has 0 aliphatic rings. The first kappa shape index (κ1) is 17.3. The summed E-state index contributed by atoms with van der Waals surface area (Å²) in [4.78, 5) is 32.4. The van der Waals surface area contributed by atoms with Crippen molar-refractivity contribution in [2.45, 2.75) is 0 Å². The minimum absolute atomic E-state index is 0.00395. The van der Waals surface area contributed by atoms with Gasteiger partial charge in [0.2, 0.25) is 0 Å². The number of para-hydroxylation sites is 1. The molecule has 0 aliphatic heterocycles. The van der Waals surface area contributed by atoms with Crippen molar-refractivity contribution in [3.63, 3.8) is 0 Å². The Hall–Kier alpha value is -4.13. The van der Waals surface area contributed by atoms with E-state index in [2.05, 4.69) is 9.97 Å². The molecule has 2 aromatic heterocycles. The lowest BCUT2D eigenvalue weighted by atomic mass is 10.2. The van der Waals surface area contributed by atoms with E-state index in [1.165, 1.54) is 16.7 Å². The Kier molecular flexibility index (Phi) is 4.47. The quantitative estimate of drug-likeness (QED) is 0.402. The maximum absolute atomic E-state index is 13.1. The molecule has 0 bridgehead atoms. The summed E-state index contributed by atoms with van der Waals surface area (Å²) in [7, 11) is 0. The smallest absolute Gasteiger partial charge is 0.268 e. The number of rotatable bonds is 4. The molecule has 0 saturated heterocycles. The van der Waals surface area contributed by atoms with Crippen molar-refractivity contribution in [1.29, 1.82) is 0 Å². The number of pyridine rings is 1. The Morgan fingerprint density at radius 1 is 0.964 bits per heavy atom. The highest BCUT2D eigenvalue weighted by molar-refractivity contribution is 5.80. The molecule has 28 heavy (non-hydrogen) atoms. The average molecular weight is 370 g/mol. The molecule has 7 heteroatoms. The molecule has 0 radical (unpaired) electrons. The molecular weight excluding hydrogens is 356 g/mol. The number of non-ortho nitro benzene ring substituents is 1. The number of aromatic nitrogens is 3. The van der Waals surface area contributed by atoms with E-state index in [1.807, 2.05) is 6.07 Å². The van der Waals surface area contributed by atoms with Crippen LogP contribution in [0.4, 0.5) is 5.69 Å². The Bertz CT molecular complexity index is 1260. The lowest BCUT2D eigenvalue weighted by molar-refractivity contribution is -0.384. The zero-order valence-electron chi connectivity index (χ0n) is 14.6. The SMILES string of the molecule is O=c1c2ccccc2nc(/C=C/c2cccc([N+](=O)[O-])c2)n1-c1ccccn1. The molecule has 7 nitrogen and oxygen atoms in total. The van der Waals surface area contributed by atoms with Gasteiger partial charge in [0, 0.05) is 18.3 Å². The summed E-state index contributed by atoms with van der Waals surface area (Å²) in [6.07, 6.45) is 4.94. The van der Waals surface area contributed by atoms with Crippen LogP contribution in [0.3, 0.4) is 0 Å². The average Bonchev–Trinajstić information content (AvgIpc) is 2.73. The number of hydrogen-bond donors (Lipinski definition) is 0. The van der Waals surface area contributed by atoms with E-state index in [0.717, 1.165) is 0 Å². The molecule has 0 saturated carbocycles.